The largest absolute Gasteiger partial charge is 0.481 e. The summed E-state index contributed by atoms with van der Waals surface area (Å²) in [6.45, 7) is 2.74. The van der Waals surface area contributed by atoms with Gasteiger partial charge in [-0.2, -0.15) is 0 Å². The van der Waals surface area contributed by atoms with Crippen LogP contribution >= 0.6 is 0 Å². The molecule has 0 aromatic heterocycles. The third kappa shape index (κ3) is 4.02. The van der Waals surface area contributed by atoms with Gasteiger partial charge in [0.1, 0.15) is 11.7 Å². The zero-order valence-corrected chi connectivity index (χ0v) is 11.2. The molecule has 0 aromatic carbocycles. The van der Waals surface area contributed by atoms with Crippen LogP contribution in [0, 0.1) is 11.8 Å². The molecule has 114 valence electrons. The minimum absolute atomic E-state index is 0.0432. The van der Waals surface area contributed by atoms with E-state index < -0.39 is 47.5 Å². The third-order valence-corrected chi connectivity index (χ3v) is 3.10. The van der Waals surface area contributed by atoms with Gasteiger partial charge in [0.2, 0.25) is 0 Å². The monoisotopic (exact) mass is 290 g/mol. The van der Waals surface area contributed by atoms with Crippen molar-refractivity contribution in [2.75, 3.05) is 0 Å². The first-order chi connectivity index (χ1) is 9.07. The summed E-state index contributed by atoms with van der Waals surface area (Å²) in [5, 5.41) is 36.9. The molecule has 0 saturated carbocycles. The number of carboxylic acids is 3. The molecule has 0 spiro atoms. The Labute approximate surface area is 115 Å². The highest BCUT2D eigenvalue weighted by atomic mass is 16.4. The summed E-state index contributed by atoms with van der Waals surface area (Å²) in [7, 11) is 0. The Balaban J connectivity index is 5.82. The number of carbonyl (C=O) groups excluding carboxylic acids is 1. The molecule has 0 saturated heterocycles. The number of Topliss-reactive ketones (excluding diaryl/α,β-unsaturated/α-hetero) is 1. The molecular weight excluding hydrogens is 272 g/mol. The Morgan fingerprint density at radius 3 is 1.85 bits per heavy atom. The van der Waals surface area contributed by atoms with Gasteiger partial charge in [-0.05, 0) is 13.3 Å². The van der Waals surface area contributed by atoms with Gasteiger partial charge in [0.05, 0.1) is 6.42 Å². The van der Waals surface area contributed by atoms with Crippen molar-refractivity contribution in [1.82, 2.24) is 0 Å². The van der Waals surface area contributed by atoms with E-state index in [1.54, 1.807) is 6.92 Å². The average Bonchev–Trinajstić information content (AvgIpc) is 2.26. The number of rotatable bonds is 9. The molecule has 0 aliphatic rings. The van der Waals surface area contributed by atoms with Gasteiger partial charge in [-0.25, -0.2) is 4.79 Å². The summed E-state index contributed by atoms with van der Waals surface area (Å²) in [6.07, 6.45) is -0.870. The Kier molecular flexibility index (Phi) is 6.31. The normalized spacial score (nSPS) is 16.8. The van der Waals surface area contributed by atoms with Crippen molar-refractivity contribution in [1.29, 1.82) is 0 Å². The third-order valence-electron chi connectivity index (χ3n) is 3.10. The lowest BCUT2D eigenvalue weighted by molar-refractivity contribution is -0.183. The number of aliphatic hydroxyl groups is 1. The number of hydrogen-bond donors (Lipinski definition) is 4. The van der Waals surface area contributed by atoms with Crippen LogP contribution in [0.25, 0.3) is 0 Å². The van der Waals surface area contributed by atoms with Crippen LogP contribution in [0.1, 0.15) is 33.1 Å². The maximum Gasteiger partial charge on any atom is 0.337 e. The molecule has 3 atom stereocenters. The minimum atomic E-state index is -3.04. The zero-order valence-electron chi connectivity index (χ0n) is 11.2. The van der Waals surface area contributed by atoms with Crippen molar-refractivity contribution in [3.63, 3.8) is 0 Å². The van der Waals surface area contributed by atoms with Gasteiger partial charge >= 0.3 is 17.9 Å². The summed E-state index contributed by atoms with van der Waals surface area (Å²) in [5.74, 6) is -9.25. The number of ketones is 1. The van der Waals surface area contributed by atoms with Crippen LogP contribution in [-0.2, 0) is 19.2 Å². The van der Waals surface area contributed by atoms with E-state index in [1.807, 2.05) is 0 Å². The molecule has 8 heteroatoms. The molecule has 0 heterocycles. The van der Waals surface area contributed by atoms with Crippen LogP contribution in [0.4, 0.5) is 0 Å². The van der Waals surface area contributed by atoms with Crippen molar-refractivity contribution < 1.29 is 39.6 Å². The Morgan fingerprint density at radius 1 is 1.10 bits per heavy atom. The second kappa shape index (κ2) is 6.99. The predicted octanol–water partition coefficient (Wildman–Crippen LogP) is -0.0171. The fraction of sp³-hybridized carbons (Fsp3) is 0.667. The van der Waals surface area contributed by atoms with E-state index in [4.69, 9.17) is 15.3 Å². The van der Waals surface area contributed by atoms with E-state index in [0.717, 1.165) is 6.92 Å². The first-order valence-corrected chi connectivity index (χ1v) is 5.98. The lowest BCUT2D eigenvalue weighted by Crippen LogP contribution is -2.54. The molecule has 0 bridgehead atoms. The predicted molar refractivity (Wildman–Crippen MR) is 65.0 cm³/mol. The van der Waals surface area contributed by atoms with Gasteiger partial charge in [0.25, 0.3) is 0 Å². The Morgan fingerprint density at radius 2 is 1.60 bits per heavy atom. The quantitative estimate of drug-likeness (QED) is 0.463. The van der Waals surface area contributed by atoms with Gasteiger partial charge < -0.3 is 20.4 Å². The molecule has 3 unspecified atom stereocenters. The fourth-order valence-corrected chi connectivity index (χ4v) is 2.17. The summed E-state index contributed by atoms with van der Waals surface area (Å²) in [4.78, 5) is 44.6. The summed E-state index contributed by atoms with van der Waals surface area (Å²) in [5.41, 5.74) is -3.04. The van der Waals surface area contributed by atoms with Crippen molar-refractivity contribution in [2.24, 2.45) is 11.8 Å². The first kappa shape index (κ1) is 18.0. The highest BCUT2D eigenvalue weighted by Gasteiger charge is 2.54. The van der Waals surface area contributed by atoms with Crippen molar-refractivity contribution >= 4 is 23.7 Å². The molecule has 0 amide bonds. The average molecular weight is 290 g/mol. The SMILES string of the molecule is CCCC(C(C)=O)C(C(=O)O)C(O)(CC(=O)O)C(=O)O. The number of hydrogen-bond acceptors (Lipinski definition) is 5. The lowest BCUT2D eigenvalue weighted by atomic mass is 9.73. The van der Waals surface area contributed by atoms with Gasteiger partial charge in [-0.1, -0.05) is 13.3 Å². The smallest absolute Gasteiger partial charge is 0.337 e. The molecular formula is C12H18O8. The molecule has 0 fully saturated rings. The topological polar surface area (TPSA) is 149 Å². The van der Waals surface area contributed by atoms with Gasteiger partial charge in [-0.15, -0.1) is 0 Å². The van der Waals surface area contributed by atoms with Crippen molar-refractivity contribution in [3.05, 3.63) is 0 Å². The lowest BCUT2D eigenvalue weighted by Gasteiger charge is -2.32. The van der Waals surface area contributed by atoms with Crippen molar-refractivity contribution in [3.8, 4) is 0 Å². The fourth-order valence-electron chi connectivity index (χ4n) is 2.17. The van der Waals surface area contributed by atoms with E-state index in [2.05, 4.69) is 0 Å². The van der Waals surface area contributed by atoms with Gasteiger partial charge in [0.15, 0.2) is 5.60 Å². The van der Waals surface area contributed by atoms with Crippen LogP contribution < -0.4 is 0 Å². The van der Waals surface area contributed by atoms with Gasteiger partial charge in [0, 0.05) is 5.92 Å². The van der Waals surface area contributed by atoms with Crippen LogP contribution in [0.5, 0.6) is 0 Å². The van der Waals surface area contributed by atoms with E-state index in [0.29, 0.717) is 6.42 Å². The molecule has 8 nitrogen and oxygen atoms in total. The van der Waals surface area contributed by atoms with Crippen LogP contribution in [0.3, 0.4) is 0 Å². The highest BCUT2D eigenvalue weighted by molar-refractivity contribution is 5.93. The maximum absolute atomic E-state index is 11.5. The van der Waals surface area contributed by atoms with Crippen LogP contribution in [0.15, 0.2) is 0 Å². The zero-order chi connectivity index (χ0) is 16.1. The van der Waals surface area contributed by atoms with E-state index >= 15 is 0 Å². The second-order valence-corrected chi connectivity index (χ2v) is 4.62. The van der Waals surface area contributed by atoms with Crippen molar-refractivity contribution in [2.45, 2.75) is 38.7 Å². The molecule has 0 aliphatic carbocycles. The molecule has 0 rings (SSSR count). The van der Waals surface area contributed by atoms with E-state index in [1.165, 1.54) is 0 Å². The number of carbonyl (C=O) groups is 4. The number of aliphatic carboxylic acids is 3. The second-order valence-electron chi connectivity index (χ2n) is 4.62. The molecule has 20 heavy (non-hydrogen) atoms. The summed E-state index contributed by atoms with van der Waals surface area (Å²) >= 11 is 0. The minimum Gasteiger partial charge on any atom is -0.481 e. The van der Waals surface area contributed by atoms with E-state index in [-0.39, 0.29) is 6.42 Å². The summed E-state index contributed by atoms with van der Waals surface area (Å²) in [6, 6.07) is 0. The van der Waals surface area contributed by atoms with Crippen LogP contribution in [0.2, 0.25) is 0 Å². The Bertz CT molecular complexity index is 416. The first-order valence-electron chi connectivity index (χ1n) is 5.98. The maximum atomic E-state index is 11.5. The molecule has 0 aromatic rings. The molecule has 0 aliphatic heterocycles. The van der Waals surface area contributed by atoms with Gasteiger partial charge in [-0.3, -0.25) is 14.4 Å². The molecule has 0 radical (unpaired) electrons. The highest BCUT2D eigenvalue weighted by Crippen LogP contribution is 2.33. The molecule has 4 N–H and O–H groups in total. The van der Waals surface area contributed by atoms with E-state index in [9.17, 15) is 24.3 Å². The summed E-state index contributed by atoms with van der Waals surface area (Å²) < 4.78 is 0. The standard InChI is InChI=1S/C12H18O8/c1-3-4-7(6(2)13)9(10(16)17)12(20,11(18)19)5-8(14)15/h7,9,20H,3-5H2,1-2H3,(H,14,15)(H,16,17)(H,18,19). The number of carboxylic acid groups (broad SMARTS) is 3. The van der Waals surface area contributed by atoms with Crippen LogP contribution in [-0.4, -0.2) is 49.7 Å². The Hall–Kier alpha value is -1.96.